The fourth-order valence-corrected chi connectivity index (χ4v) is 5.00. The van der Waals surface area contributed by atoms with Gasteiger partial charge in [-0.3, -0.25) is 4.90 Å². The summed E-state index contributed by atoms with van der Waals surface area (Å²) in [6, 6.07) is 13.4. The van der Waals surface area contributed by atoms with Gasteiger partial charge in [0.2, 0.25) is 0 Å². The predicted molar refractivity (Wildman–Crippen MR) is 125 cm³/mol. The van der Waals surface area contributed by atoms with Crippen LogP contribution in [0.2, 0.25) is 0 Å². The van der Waals surface area contributed by atoms with Gasteiger partial charge in [0.05, 0.1) is 5.69 Å². The molecule has 0 bridgehead atoms. The third kappa shape index (κ3) is 4.26. The Morgan fingerprint density at radius 1 is 0.900 bits per heavy atom. The molecular weight excluding hydrogens is 370 g/mol. The number of benzene rings is 1. The molecule has 0 amide bonds. The number of anilines is 1. The van der Waals surface area contributed by atoms with Gasteiger partial charge in [0.15, 0.2) is 0 Å². The second-order valence-corrected chi connectivity index (χ2v) is 10.3. The van der Waals surface area contributed by atoms with Crippen LogP contribution < -0.4 is 4.90 Å². The van der Waals surface area contributed by atoms with Crippen LogP contribution in [0.15, 0.2) is 36.4 Å². The minimum Gasteiger partial charge on any atom is -0.396 e. The molecule has 162 valence electrons. The molecule has 1 saturated heterocycles. The number of hydrogen-bond acceptors (Lipinski definition) is 4. The van der Waals surface area contributed by atoms with Crippen molar-refractivity contribution >= 4 is 5.82 Å². The molecule has 1 aromatic heterocycles. The summed E-state index contributed by atoms with van der Waals surface area (Å²) in [6.07, 6.45) is 3.33. The highest BCUT2D eigenvalue weighted by Crippen LogP contribution is 2.46. The summed E-state index contributed by atoms with van der Waals surface area (Å²) in [4.78, 5) is 9.88. The third-order valence-electron chi connectivity index (χ3n) is 7.21. The molecule has 4 heteroatoms. The molecule has 0 saturated carbocycles. The largest absolute Gasteiger partial charge is 0.396 e. The number of aliphatic hydroxyl groups excluding tert-OH is 1. The van der Waals surface area contributed by atoms with Crippen LogP contribution in [0.4, 0.5) is 5.82 Å². The third-order valence-corrected chi connectivity index (χ3v) is 7.21. The van der Waals surface area contributed by atoms with Gasteiger partial charge in [-0.15, -0.1) is 0 Å². The Bertz CT molecular complexity index is 882. The van der Waals surface area contributed by atoms with E-state index in [1.165, 1.54) is 29.5 Å². The lowest BCUT2D eigenvalue weighted by Crippen LogP contribution is -2.47. The number of piperazine rings is 1. The molecule has 1 aliphatic heterocycles. The molecule has 1 fully saturated rings. The number of rotatable bonds is 5. The second-order valence-electron chi connectivity index (χ2n) is 10.3. The van der Waals surface area contributed by atoms with E-state index < -0.39 is 0 Å². The Labute approximate surface area is 181 Å². The summed E-state index contributed by atoms with van der Waals surface area (Å²) in [5.41, 5.74) is 5.73. The van der Waals surface area contributed by atoms with Crippen molar-refractivity contribution in [2.45, 2.75) is 57.8 Å². The zero-order valence-corrected chi connectivity index (χ0v) is 19.1. The van der Waals surface area contributed by atoms with E-state index in [9.17, 15) is 0 Å². The van der Waals surface area contributed by atoms with Crippen LogP contribution in [0.5, 0.6) is 0 Å². The molecule has 4 rings (SSSR count). The SMILES string of the molecule is CC1(C)CCC(C)(C)c2cc(-c3cccc(N4CCN(CCCO)CC4)n3)ccc21. The van der Waals surface area contributed by atoms with Crippen molar-refractivity contribution in [1.29, 1.82) is 0 Å². The maximum Gasteiger partial charge on any atom is 0.129 e. The van der Waals surface area contributed by atoms with Gasteiger partial charge in [0, 0.05) is 44.9 Å². The lowest BCUT2D eigenvalue weighted by atomic mass is 9.63. The van der Waals surface area contributed by atoms with Gasteiger partial charge in [0.1, 0.15) is 5.82 Å². The molecular formula is C26H37N3O. The number of pyridine rings is 1. The van der Waals surface area contributed by atoms with Crippen LogP contribution in [-0.4, -0.2) is 54.3 Å². The number of fused-ring (bicyclic) bond motifs is 1. The van der Waals surface area contributed by atoms with E-state index in [1.807, 2.05) is 0 Å². The maximum absolute atomic E-state index is 9.05. The molecule has 2 heterocycles. The van der Waals surface area contributed by atoms with E-state index in [0.29, 0.717) is 0 Å². The normalized spacial score (nSPS) is 20.8. The van der Waals surface area contributed by atoms with Gasteiger partial charge in [-0.1, -0.05) is 45.9 Å². The smallest absolute Gasteiger partial charge is 0.129 e. The van der Waals surface area contributed by atoms with Crippen LogP contribution in [0.1, 0.15) is 58.1 Å². The Hall–Kier alpha value is -1.91. The summed E-state index contributed by atoms with van der Waals surface area (Å²) in [6.45, 7) is 14.8. The predicted octanol–water partition coefficient (Wildman–Crippen LogP) is 4.60. The van der Waals surface area contributed by atoms with Crippen molar-refractivity contribution in [3.8, 4) is 11.3 Å². The Morgan fingerprint density at radius 3 is 2.30 bits per heavy atom. The van der Waals surface area contributed by atoms with Crippen LogP contribution in [0.3, 0.4) is 0 Å². The molecule has 0 unspecified atom stereocenters. The standard InChI is InChI=1S/C26H37N3O/c1-25(2)11-12-26(3,4)22-19-20(9-10-21(22)25)23-7-5-8-24(27-23)29-16-14-28(15-17-29)13-6-18-30/h5,7-10,19,30H,6,11-18H2,1-4H3. The van der Waals surface area contributed by atoms with E-state index >= 15 is 0 Å². The van der Waals surface area contributed by atoms with Crippen LogP contribution in [0.25, 0.3) is 11.3 Å². The molecule has 1 aromatic carbocycles. The van der Waals surface area contributed by atoms with Gasteiger partial charge in [-0.05, 0) is 59.4 Å². The van der Waals surface area contributed by atoms with Crippen molar-refractivity contribution in [2.24, 2.45) is 0 Å². The van der Waals surface area contributed by atoms with Crippen molar-refractivity contribution in [1.82, 2.24) is 9.88 Å². The minimum absolute atomic E-state index is 0.212. The summed E-state index contributed by atoms with van der Waals surface area (Å²) < 4.78 is 0. The first-order valence-corrected chi connectivity index (χ1v) is 11.5. The van der Waals surface area contributed by atoms with E-state index in [2.05, 4.69) is 73.9 Å². The van der Waals surface area contributed by atoms with E-state index in [4.69, 9.17) is 10.1 Å². The summed E-state index contributed by atoms with van der Waals surface area (Å²) in [7, 11) is 0. The zero-order valence-electron chi connectivity index (χ0n) is 19.1. The first-order chi connectivity index (χ1) is 14.3. The highest BCUT2D eigenvalue weighted by Gasteiger charge is 2.37. The van der Waals surface area contributed by atoms with Crippen LogP contribution in [-0.2, 0) is 10.8 Å². The second kappa shape index (κ2) is 8.32. The van der Waals surface area contributed by atoms with Crippen molar-refractivity contribution < 1.29 is 5.11 Å². The molecule has 0 atom stereocenters. The molecule has 2 aliphatic rings. The van der Waals surface area contributed by atoms with Crippen molar-refractivity contribution in [2.75, 3.05) is 44.2 Å². The van der Waals surface area contributed by atoms with Gasteiger partial charge in [-0.25, -0.2) is 4.98 Å². The van der Waals surface area contributed by atoms with Crippen LogP contribution >= 0.6 is 0 Å². The zero-order chi connectivity index (χ0) is 21.4. The lowest BCUT2D eigenvalue weighted by Gasteiger charge is -2.42. The fraction of sp³-hybridized carbons (Fsp3) is 0.577. The Kier molecular flexibility index (Phi) is 5.91. The first kappa shape index (κ1) is 21.3. The average Bonchev–Trinajstić information content (AvgIpc) is 2.76. The number of nitrogens with zero attached hydrogens (tertiary/aromatic N) is 3. The summed E-state index contributed by atoms with van der Waals surface area (Å²) in [5, 5.41) is 9.05. The average molecular weight is 408 g/mol. The maximum atomic E-state index is 9.05. The Morgan fingerprint density at radius 2 is 1.60 bits per heavy atom. The number of hydrogen-bond donors (Lipinski definition) is 1. The van der Waals surface area contributed by atoms with Crippen LogP contribution in [0, 0.1) is 0 Å². The van der Waals surface area contributed by atoms with Gasteiger partial charge < -0.3 is 10.0 Å². The fourth-order valence-electron chi connectivity index (χ4n) is 5.00. The summed E-state index contributed by atoms with van der Waals surface area (Å²) in [5.74, 6) is 1.08. The van der Waals surface area contributed by atoms with Gasteiger partial charge in [0.25, 0.3) is 0 Å². The summed E-state index contributed by atoms with van der Waals surface area (Å²) >= 11 is 0. The van der Waals surface area contributed by atoms with E-state index in [0.717, 1.165) is 50.7 Å². The first-order valence-electron chi connectivity index (χ1n) is 11.5. The molecule has 0 radical (unpaired) electrons. The lowest BCUT2D eigenvalue weighted by molar-refractivity contribution is 0.215. The van der Waals surface area contributed by atoms with Gasteiger partial charge >= 0.3 is 0 Å². The minimum atomic E-state index is 0.212. The highest BCUT2D eigenvalue weighted by atomic mass is 16.3. The monoisotopic (exact) mass is 407 g/mol. The quantitative estimate of drug-likeness (QED) is 0.786. The number of aliphatic hydroxyl groups is 1. The molecule has 1 aliphatic carbocycles. The van der Waals surface area contributed by atoms with Crippen molar-refractivity contribution in [3.05, 3.63) is 47.5 Å². The molecule has 4 nitrogen and oxygen atoms in total. The van der Waals surface area contributed by atoms with E-state index in [1.54, 1.807) is 0 Å². The number of aromatic nitrogens is 1. The topological polar surface area (TPSA) is 39.6 Å². The molecule has 1 N–H and O–H groups in total. The molecule has 2 aromatic rings. The molecule has 30 heavy (non-hydrogen) atoms. The molecule has 0 spiro atoms. The Balaban J connectivity index is 1.57. The van der Waals surface area contributed by atoms with Gasteiger partial charge in [-0.2, -0.15) is 0 Å². The van der Waals surface area contributed by atoms with E-state index in [-0.39, 0.29) is 17.4 Å². The highest BCUT2D eigenvalue weighted by molar-refractivity contribution is 5.65. The van der Waals surface area contributed by atoms with Crippen molar-refractivity contribution in [3.63, 3.8) is 0 Å².